The summed E-state index contributed by atoms with van der Waals surface area (Å²) in [7, 11) is 0. The van der Waals surface area contributed by atoms with Crippen LogP contribution in [0.5, 0.6) is 0 Å². The van der Waals surface area contributed by atoms with E-state index in [4.69, 9.17) is 10.00 Å². The third-order valence-corrected chi connectivity index (χ3v) is 2.29. The lowest BCUT2D eigenvalue weighted by atomic mass is 9.88. The van der Waals surface area contributed by atoms with Gasteiger partial charge in [-0.15, -0.1) is 0 Å². The van der Waals surface area contributed by atoms with Gasteiger partial charge in [-0.05, 0) is 27.2 Å². The van der Waals surface area contributed by atoms with Crippen molar-refractivity contribution >= 4 is 5.91 Å². The third kappa shape index (κ3) is 4.80. The molecular weight excluding hydrogens is 192 g/mol. The molecule has 0 fully saturated rings. The van der Waals surface area contributed by atoms with Gasteiger partial charge in [0.25, 0.3) is 0 Å². The van der Waals surface area contributed by atoms with Gasteiger partial charge in [0.1, 0.15) is 5.41 Å². The highest BCUT2D eigenvalue weighted by molar-refractivity contribution is 5.84. The van der Waals surface area contributed by atoms with Gasteiger partial charge in [-0.2, -0.15) is 5.26 Å². The Morgan fingerprint density at radius 3 is 2.60 bits per heavy atom. The molecule has 15 heavy (non-hydrogen) atoms. The summed E-state index contributed by atoms with van der Waals surface area (Å²) in [5.74, 6) is -0.222. The highest BCUT2D eigenvalue weighted by Gasteiger charge is 2.30. The molecule has 4 heteroatoms. The Morgan fingerprint density at radius 2 is 2.20 bits per heavy atom. The molecule has 0 rings (SSSR count). The third-order valence-electron chi connectivity index (χ3n) is 2.29. The Labute approximate surface area is 91.6 Å². The van der Waals surface area contributed by atoms with Gasteiger partial charge in [-0.3, -0.25) is 4.79 Å². The average Bonchev–Trinajstić information content (AvgIpc) is 2.22. The molecule has 0 aliphatic carbocycles. The van der Waals surface area contributed by atoms with Crippen LogP contribution in [0.25, 0.3) is 0 Å². The van der Waals surface area contributed by atoms with Crippen LogP contribution < -0.4 is 5.32 Å². The van der Waals surface area contributed by atoms with Crippen molar-refractivity contribution in [1.29, 1.82) is 5.26 Å². The number of amides is 1. The standard InChI is InChI=1S/C11H20N2O2/c1-5-11(4,8-12)10(14)13-6-7-15-9(2)3/h9H,5-7H2,1-4H3,(H,13,14). The number of ether oxygens (including phenoxy) is 1. The second-order valence-corrected chi connectivity index (χ2v) is 3.97. The van der Waals surface area contributed by atoms with Crippen LogP contribution in [0.1, 0.15) is 34.1 Å². The Hall–Kier alpha value is -1.08. The summed E-state index contributed by atoms with van der Waals surface area (Å²) in [6.45, 7) is 8.28. The highest BCUT2D eigenvalue weighted by Crippen LogP contribution is 2.19. The van der Waals surface area contributed by atoms with Crippen LogP contribution in [0.4, 0.5) is 0 Å². The monoisotopic (exact) mass is 212 g/mol. The summed E-state index contributed by atoms with van der Waals surface area (Å²) in [6, 6.07) is 2.02. The number of nitrogens with one attached hydrogen (secondary N) is 1. The van der Waals surface area contributed by atoms with Crippen LogP contribution in [-0.2, 0) is 9.53 Å². The van der Waals surface area contributed by atoms with Crippen molar-refractivity contribution in [2.75, 3.05) is 13.2 Å². The van der Waals surface area contributed by atoms with Gasteiger partial charge in [0.15, 0.2) is 0 Å². The molecule has 1 unspecified atom stereocenters. The maximum atomic E-state index is 11.6. The highest BCUT2D eigenvalue weighted by atomic mass is 16.5. The number of rotatable bonds is 6. The minimum atomic E-state index is -0.919. The number of carbonyl (C=O) groups excluding carboxylic acids is 1. The van der Waals surface area contributed by atoms with E-state index in [1.807, 2.05) is 26.8 Å². The topological polar surface area (TPSA) is 62.1 Å². The van der Waals surface area contributed by atoms with Crippen LogP contribution in [0, 0.1) is 16.7 Å². The van der Waals surface area contributed by atoms with E-state index in [1.165, 1.54) is 0 Å². The Morgan fingerprint density at radius 1 is 1.60 bits per heavy atom. The first kappa shape index (κ1) is 13.9. The lowest BCUT2D eigenvalue weighted by Gasteiger charge is -2.18. The molecule has 1 N–H and O–H groups in total. The normalized spacial score (nSPS) is 14.4. The molecule has 0 aromatic rings. The average molecular weight is 212 g/mol. The van der Waals surface area contributed by atoms with Crippen molar-refractivity contribution in [2.24, 2.45) is 5.41 Å². The Balaban J connectivity index is 3.89. The summed E-state index contributed by atoms with van der Waals surface area (Å²) < 4.78 is 5.27. The molecule has 0 saturated carbocycles. The summed E-state index contributed by atoms with van der Waals surface area (Å²) in [6.07, 6.45) is 0.677. The zero-order valence-corrected chi connectivity index (χ0v) is 9.96. The van der Waals surface area contributed by atoms with E-state index in [2.05, 4.69) is 5.32 Å². The van der Waals surface area contributed by atoms with Crippen LogP contribution in [0.15, 0.2) is 0 Å². The lowest BCUT2D eigenvalue weighted by Crippen LogP contribution is -2.39. The minimum absolute atomic E-state index is 0.162. The number of carbonyl (C=O) groups is 1. The van der Waals surface area contributed by atoms with E-state index in [-0.39, 0.29) is 12.0 Å². The fourth-order valence-corrected chi connectivity index (χ4v) is 0.945. The van der Waals surface area contributed by atoms with Crippen molar-refractivity contribution in [1.82, 2.24) is 5.32 Å². The molecule has 0 radical (unpaired) electrons. The number of nitriles is 1. The molecule has 0 spiro atoms. The quantitative estimate of drug-likeness (QED) is 0.678. The smallest absolute Gasteiger partial charge is 0.240 e. The summed E-state index contributed by atoms with van der Waals surface area (Å²) in [4.78, 5) is 11.6. The minimum Gasteiger partial charge on any atom is -0.377 e. The van der Waals surface area contributed by atoms with Gasteiger partial charge in [-0.1, -0.05) is 6.92 Å². The van der Waals surface area contributed by atoms with Crippen molar-refractivity contribution in [3.63, 3.8) is 0 Å². The summed E-state index contributed by atoms with van der Waals surface area (Å²) >= 11 is 0. The maximum absolute atomic E-state index is 11.6. The first-order valence-corrected chi connectivity index (χ1v) is 5.27. The summed E-state index contributed by atoms with van der Waals surface area (Å²) in [5.41, 5.74) is -0.919. The van der Waals surface area contributed by atoms with E-state index in [0.717, 1.165) is 0 Å². The van der Waals surface area contributed by atoms with Crippen LogP contribution in [0.3, 0.4) is 0 Å². The van der Waals surface area contributed by atoms with Crippen molar-refractivity contribution in [3.05, 3.63) is 0 Å². The molecule has 0 bridgehead atoms. The second kappa shape index (κ2) is 6.41. The number of hydrogen-bond donors (Lipinski definition) is 1. The second-order valence-electron chi connectivity index (χ2n) is 3.97. The van der Waals surface area contributed by atoms with Gasteiger partial charge < -0.3 is 10.1 Å². The molecule has 4 nitrogen and oxygen atoms in total. The van der Waals surface area contributed by atoms with E-state index in [0.29, 0.717) is 19.6 Å². The predicted octanol–water partition coefficient (Wildman–Crippen LogP) is 1.47. The van der Waals surface area contributed by atoms with Gasteiger partial charge in [0.05, 0.1) is 18.8 Å². The molecule has 0 heterocycles. The number of nitrogens with zero attached hydrogens (tertiary/aromatic N) is 1. The van der Waals surface area contributed by atoms with Gasteiger partial charge in [-0.25, -0.2) is 0 Å². The molecule has 0 aromatic heterocycles. The molecule has 1 amide bonds. The fraction of sp³-hybridized carbons (Fsp3) is 0.818. The first-order valence-electron chi connectivity index (χ1n) is 5.27. The molecule has 0 aliphatic heterocycles. The zero-order valence-electron chi connectivity index (χ0n) is 9.96. The van der Waals surface area contributed by atoms with Gasteiger partial charge >= 0.3 is 0 Å². The molecule has 0 aliphatic rings. The lowest BCUT2D eigenvalue weighted by molar-refractivity contribution is -0.127. The molecule has 0 saturated heterocycles. The largest absolute Gasteiger partial charge is 0.377 e. The Kier molecular flexibility index (Phi) is 5.95. The number of hydrogen-bond acceptors (Lipinski definition) is 3. The van der Waals surface area contributed by atoms with Crippen LogP contribution in [-0.4, -0.2) is 25.2 Å². The van der Waals surface area contributed by atoms with E-state index < -0.39 is 5.41 Å². The SMILES string of the molecule is CCC(C)(C#N)C(=O)NCCOC(C)C. The Bertz CT molecular complexity index is 245. The van der Waals surface area contributed by atoms with Crippen molar-refractivity contribution in [2.45, 2.75) is 40.2 Å². The van der Waals surface area contributed by atoms with Crippen molar-refractivity contribution in [3.8, 4) is 6.07 Å². The molecule has 86 valence electrons. The van der Waals surface area contributed by atoms with Gasteiger partial charge in [0.2, 0.25) is 5.91 Å². The molecule has 0 aromatic carbocycles. The van der Waals surface area contributed by atoms with Gasteiger partial charge in [0, 0.05) is 6.54 Å². The van der Waals surface area contributed by atoms with E-state index in [1.54, 1.807) is 6.92 Å². The van der Waals surface area contributed by atoms with Crippen molar-refractivity contribution < 1.29 is 9.53 Å². The van der Waals surface area contributed by atoms with Crippen LogP contribution in [0.2, 0.25) is 0 Å². The summed E-state index contributed by atoms with van der Waals surface area (Å²) in [5, 5.41) is 11.6. The van der Waals surface area contributed by atoms with E-state index in [9.17, 15) is 4.79 Å². The first-order chi connectivity index (χ1) is 6.96. The van der Waals surface area contributed by atoms with E-state index >= 15 is 0 Å². The van der Waals surface area contributed by atoms with Crippen LogP contribution >= 0.6 is 0 Å². The zero-order chi connectivity index (χ0) is 11.9. The molecular formula is C11H20N2O2. The fourth-order valence-electron chi connectivity index (χ4n) is 0.945. The maximum Gasteiger partial charge on any atom is 0.240 e. The molecule has 1 atom stereocenters. The predicted molar refractivity (Wildman–Crippen MR) is 58.1 cm³/mol.